The fourth-order valence-electron chi connectivity index (χ4n) is 2.41. The Morgan fingerprint density at radius 1 is 1.37 bits per heavy atom. The Hall–Kier alpha value is -1.78. The highest BCUT2D eigenvalue weighted by Crippen LogP contribution is 2.23. The largest absolute Gasteiger partial charge is 0.332 e. The van der Waals surface area contributed by atoms with Gasteiger partial charge in [-0.2, -0.15) is 0 Å². The molecule has 1 unspecified atom stereocenters. The number of hydrogen-bond donors (Lipinski definition) is 0. The number of hydrogen-bond acceptors (Lipinski definition) is 2. The minimum Gasteiger partial charge on any atom is -0.332 e. The van der Waals surface area contributed by atoms with E-state index >= 15 is 0 Å². The van der Waals surface area contributed by atoms with Crippen LogP contribution < -0.4 is 0 Å². The Morgan fingerprint density at radius 2 is 2.11 bits per heavy atom. The van der Waals surface area contributed by atoms with Gasteiger partial charge in [0, 0.05) is 13.0 Å². The lowest BCUT2D eigenvalue weighted by Gasteiger charge is -2.23. The van der Waals surface area contributed by atoms with Gasteiger partial charge in [0.25, 0.3) is 0 Å². The molecule has 1 aromatic rings. The fraction of sp³-hybridized carbons (Fsp3) is 0.429. The third-order valence-corrected chi connectivity index (χ3v) is 3.37. The quantitative estimate of drug-likeness (QED) is 0.789. The van der Waals surface area contributed by atoms with Crippen molar-refractivity contribution in [1.29, 1.82) is 0 Å². The first kappa shape index (κ1) is 13.6. The van der Waals surface area contributed by atoms with Gasteiger partial charge in [-0.05, 0) is 31.0 Å². The van der Waals surface area contributed by atoms with Gasteiger partial charge in [-0.15, -0.1) is 0 Å². The molecule has 3 nitrogen and oxygen atoms in total. The number of carbonyl (C=O) groups excluding carboxylic acids is 2. The van der Waals surface area contributed by atoms with Crippen LogP contribution in [0.3, 0.4) is 0 Å². The summed E-state index contributed by atoms with van der Waals surface area (Å²) in [4.78, 5) is 25.4. The lowest BCUT2D eigenvalue weighted by atomic mass is 10.0. The summed E-state index contributed by atoms with van der Waals surface area (Å²) in [6.45, 7) is 2.21. The maximum Gasteiger partial charge on any atom is 0.222 e. The van der Waals surface area contributed by atoms with Crippen LogP contribution in [-0.4, -0.2) is 29.2 Å². The van der Waals surface area contributed by atoms with E-state index in [1.54, 1.807) is 6.92 Å². The molecule has 1 aromatic carbocycles. The maximum atomic E-state index is 13.6. The first-order valence-corrected chi connectivity index (χ1v) is 6.33. The van der Waals surface area contributed by atoms with Crippen molar-refractivity contribution in [2.75, 3.05) is 6.54 Å². The summed E-state index contributed by atoms with van der Waals surface area (Å²) in [6, 6.07) is 2.13. The number of ketones is 1. The van der Waals surface area contributed by atoms with Crippen molar-refractivity contribution in [3.63, 3.8) is 0 Å². The summed E-state index contributed by atoms with van der Waals surface area (Å²) in [5.74, 6) is -2.05. The SMILES string of the molecule is CCC(=O)N1CCCC1C(=O)c1cc(F)ccc1F. The van der Waals surface area contributed by atoms with Gasteiger partial charge in [0.2, 0.25) is 5.91 Å². The molecule has 1 amide bonds. The van der Waals surface area contributed by atoms with Crippen LogP contribution in [0, 0.1) is 11.6 Å². The van der Waals surface area contributed by atoms with Gasteiger partial charge < -0.3 is 4.90 Å². The van der Waals surface area contributed by atoms with Gasteiger partial charge in [-0.1, -0.05) is 6.92 Å². The average molecular weight is 267 g/mol. The summed E-state index contributed by atoms with van der Waals surface area (Å²) in [5.41, 5.74) is -0.277. The van der Waals surface area contributed by atoms with E-state index in [0.29, 0.717) is 25.8 Å². The minimum atomic E-state index is -0.748. The van der Waals surface area contributed by atoms with Crippen molar-refractivity contribution in [1.82, 2.24) is 4.90 Å². The normalized spacial score (nSPS) is 18.7. The molecule has 0 bridgehead atoms. The third kappa shape index (κ3) is 2.64. The number of likely N-dealkylation sites (tertiary alicyclic amines) is 1. The molecular formula is C14H15F2NO2. The molecule has 1 heterocycles. The molecule has 1 fully saturated rings. The highest BCUT2D eigenvalue weighted by molar-refractivity contribution is 6.02. The molecule has 1 saturated heterocycles. The van der Waals surface area contributed by atoms with Crippen molar-refractivity contribution < 1.29 is 18.4 Å². The zero-order valence-corrected chi connectivity index (χ0v) is 10.7. The monoisotopic (exact) mass is 267 g/mol. The molecule has 0 aliphatic carbocycles. The van der Waals surface area contributed by atoms with E-state index in [1.807, 2.05) is 0 Å². The molecule has 19 heavy (non-hydrogen) atoms. The topological polar surface area (TPSA) is 37.4 Å². The Bertz CT molecular complexity index is 516. The first-order valence-electron chi connectivity index (χ1n) is 6.33. The van der Waals surface area contributed by atoms with E-state index in [1.165, 1.54) is 4.90 Å². The van der Waals surface area contributed by atoms with Gasteiger partial charge >= 0.3 is 0 Å². The molecule has 0 N–H and O–H groups in total. The molecule has 0 saturated carbocycles. The Labute approximate surface area is 110 Å². The third-order valence-electron chi connectivity index (χ3n) is 3.37. The number of benzene rings is 1. The molecule has 2 rings (SSSR count). The first-order chi connectivity index (χ1) is 9.04. The summed E-state index contributed by atoms with van der Waals surface area (Å²) >= 11 is 0. The predicted molar refractivity (Wildman–Crippen MR) is 65.7 cm³/mol. The molecule has 0 aromatic heterocycles. The van der Waals surface area contributed by atoms with Gasteiger partial charge in [-0.25, -0.2) is 8.78 Å². The van der Waals surface area contributed by atoms with Crippen molar-refractivity contribution in [3.8, 4) is 0 Å². The standard InChI is InChI=1S/C14H15F2NO2/c1-2-13(18)17-7-3-4-12(17)14(19)10-8-9(15)5-6-11(10)16/h5-6,8,12H,2-4,7H2,1H3. The maximum absolute atomic E-state index is 13.6. The number of rotatable bonds is 3. The van der Waals surface area contributed by atoms with Crippen LogP contribution in [-0.2, 0) is 4.79 Å². The second kappa shape index (κ2) is 5.47. The van der Waals surface area contributed by atoms with Crippen LogP contribution in [0.5, 0.6) is 0 Å². The Kier molecular flexibility index (Phi) is 3.93. The number of halogens is 2. The summed E-state index contributed by atoms with van der Waals surface area (Å²) < 4.78 is 26.7. The lowest BCUT2D eigenvalue weighted by molar-refractivity contribution is -0.131. The number of carbonyl (C=O) groups is 2. The summed E-state index contributed by atoms with van der Waals surface area (Å²) in [6.07, 6.45) is 1.51. The second-order valence-corrected chi connectivity index (χ2v) is 4.59. The van der Waals surface area contributed by atoms with E-state index in [0.717, 1.165) is 18.2 Å². The predicted octanol–water partition coefficient (Wildman–Crippen LogP) is 2.55. The molecule has 1 aliphatic heterocycles. The van der Waals surface area contributed by atoms with Crippen LogP contribution in [0.15, 0.2) is 18.2 Å². The average Bonchev–Trinajstić information content (AvgIpc) is 2.89. The molecule has 0 spiro atoms. The Morgan fingerprint density at radius 3 is 2.79 bits per heavy atom. The van der Waals surface area contributed by atoms with Crippen LogP contribution in [0.1, 0.15) is 36.5 Å². The molecule has 1 aliphatic rings. The Balaban J connectivity index is 2.28. The highest BCUT2D eigenvalue weighted by Gasteiger charge is 2.34. The van der Waals surface area contributed by atoms with Crippen molar-refractivity contribution in [3.05, 3.63) is 35.4 Å². The van der Waals surface area contributed by atoms with Crippen molar-refractivity contribution in [2.45, 2.75) is 32.2 Å². The van der Waals surface area contributed by atoms with Gasteiger partial charge in [0.05, 0.1) is 11.6 Å². The van der Waals surface area contributed by atoms with Gasteiger partial charge in [0.1, 0.15) is 11.6 Å². The highest BCUT2D eigenvalue weighted by atomic mass is 19.1. The van der Waals surface area contributed by atoms with Gasteiger partial charge in [-0.3, -0.25) is 9.59 Å². The van der Waals surface area contributed by atoms with Crippen LogP contribution >= 0.6 is 0 Å². The van der Waals surface area contributed by atoms with Crippen molar-refractivity contribution >= 4 is 11.7 Å². The number of amides is 1. The number of Topliss-reactive ketones (excluding diaryl/α,β-unsaturated/α-hetero) is 1. The van der Waals surface area contributed by atoms with E-state index < -0.39 is 23.5 Å². The van der Waals surface area contributed by atoms with Crippen LogP contribution in [0.4, 0.5) is 8.78 Å². The van der Waals surface area contributed by atoms with Crippen molar-refractivity contribution in [2.24, 2.45) is 0 Å². The van der Waals surface area contributed by atoms with Gasteiger partial charge in [0.15, 0.2) is 5.78 Å². The minimum absolute atomic E-state index is 0.132. The van der Waals surface area contributed by atoms with E-state index in [4.69, 9.17) is 0 Å². The second-order valence-electron chi connectivity index (χ2n) is 4.59. The number of nitrogens with zero attached hydrogens (tertiary/aromatic N) is 1. The fourth-order valence-corrected chi connectivity index (χ4v) is 2.41. The molecule has 1 atom stereocenters. The summed E-state index contributed by atoms with van der Waals surface area (Å²) in [7, 11) is 0. The molecule has 102 valence electrons. The molecule has 5 heteroatoms. The van der Waals surface area contributed by atoms with E-state index in [2.05, 4.69) is 0 Å². The zero-order valence-electron chi connectivity index (χ0n) is 10.7. The zero-order chi connectivity index (χ0) is 14.0. The van der Waals surface area contributed by atoms with E-state index in [9.17, 15) is 18.4 Å². The lowest BCUT2D eigenvalue weighted by Crippen LogP contribution is -2.40. The van der Waals surface area contributed by atoms with Crippen LogP contribution in [0.2, 0.25) is 0 Å². The van der Waals surface area contributed by atoms with E-state index in [-0.39, 0.29) is 11.5 Å². The van der Waals surface area contributed by atoms with Crippen LogP contribution in [0.25, 0.3) is 0 Å². The summed E-state index contributed by atoms with van der Waals surface area (Å²) in [5, 5.41) is 0. The molecule has 0 radical (unpaired) electrons. The smallest absolute Gasteiger partial charge is 0.222 e. The molecular weight excluding hydrogens is 252 g/mol.